The van der Waals surface area contributed by atoms with Crippen molar-refractivity contribution in [3.8, 4) is 0 Å². The molecular formula is C21H22N4O3S. The SMILES string of the molecule is CC1=C(C(=O)N(C)C)[C@@H](c2cccc([N+](=O)[O-])c2)NC(=S)N1c1ccc(C)cc1. The van der Waals surface area contributed by atoms with E-state index in [4.69, 9.17) is 12.2 Å². The minimum Gasteiger partial charge on any atom is -0.351 e. The van der Waals surface area contributed by atoms with Crippen LogP contribution >= 0.6 is 12.2 Å². The van der Waals surface area contributed by atoms with E-state index in [0.29, 0.717) is 21.9 Å². The number of aryl methyl sites for hydroxylation is 1. The number of nitro groups is 1. The monoisotopic (exact) mass is 410 g/mol. The number of nitro benzene ring substituents is 1. The van der Waals surface area contributed by atoms with E-state index in [1.54, 1.807) is 26.2 Å². The smallest absolute Gasteiger partial charge is 0.269 e. The molecule has 0 saturated carbocycles. The molecule has 1 aliphatic rings. The number of nitrogens with one attached hydrogen (secondary N) is 1. The Morgan fingerprint density at radius 1 is 1.17 bits per heavy atom. The molecule has 0 saturated heterocycles. The van der Waals surface area contributed by atoms with Gasteiger partial charge in [0.2, 0.25) is 0 Å². The molecule has 0 unspecified atom stereocenters. The van der Waals surface area contributed by atoms with Crippen LogP contribution in [0.2, 0.25) is 0 Å². The maximum absolute atomic E-state index is 13.1. The zero-order valence-corrected chi connectivity index (χ0v) is 17.5. The number of carbonyl (C=O) groups is 1. The number of non-ortho nitro benzene ring substituents is 1. The fourth-order valence-corrected chi connectivity index (χ4v) is 3.69. The van der Waals surface area contributed by atoms with E-state index in [0.717, 1.165) is 11.3 Å². The van der Waals surface area contributed by atoms with Crippen LogP contribution in [0.5, 0.6) is 0 Å². The van der Waals surface area contributed by atoms with Crippen LogP contribution in [-0.4, -0.2) is 34.9 Å². The summed E-state index contributed by atoms with van der Waals surface area (Å²) < 4.78 is 0. The van der Waals surface area contributed by atoms with Crippen molar-refractivity contribution in [2.45, 2.75) is 19.9 Å². The summed E-state index contributed by atoms with van der Waals surface area (Å²) in [5.41, 5.74) is 3.70. The maximum Gasteiger partial charge on any atom is 0.269 e. The van der Waals surface area contributed by atoms with E-state index in [-0.39, 0.29) is 11.6 Å². The van der Waals surface area contributed by atoms with E-state index >= 15 is 0 Å². The zero-order valence-electron chi connectivity index (χ0n) is 16.7. The summed E-state index contributed by atoms with van der Waals surface area (Å²) in [6.07, 6.45) is 0. The lowest BCUT2D eigenvalue weighted by atomic mass is 9.93. The van der Waals surface area contributed by atoms with Crippen molar-refractivity contribution in [1.29, 1.82) is 0 Å². The maximum atomic E-state index is 13.1. The first-order valence-corrected chi connectivity index (χ1v) is 9.45. The Labute approximate surface area is 174 Å². The highest BCUT2D eigenvalue weighted by atomic mass is 32.1. The van der Waals surface area contributed by atoms with Gasteiger partial charge in [-0.3, -0.25) is 19.8 Å². The molecule has 0 aromatic heterocycles. The van der Waals surface area contributed by atoms with E-state index in [1.165, 1.54) is 17.0 Å². The van der Waals surface area contributed by atoms with Crippen molar-refractivity contribution in [2.24, 2.45) is 0 Å². The number of allylic oxidation sites excluding steroid dienone is 1. The van der Waals surface area contributed by atoms with Crippen molar-refractivity contribution < 1.29 is 9.72 Å². The van der Waals surface area contributed by atoms with Gasteiger partial charge in [-0.05, 0) is 43.8 Å². The minimum atomic E-state index is -0.584. The molecule has 150 valence electrons. The van der Waals surface area contributed by atoms with Crippen LogP contribution in [0.4, 0.5) is 11.4 Å². The third kappa shape index (κ3) is 3.97. The molecule has 2 aromatic carbocycles. The number of amides is 1. The molecule has 2 aromatic rings. The molecular weight excluding hydrogens is 388 g/mol. The topological polar surface area (TPSA) is 78.7 Å². The van der Waals surface area contributed by atoms with E-state index in [2.05, 4.69) is 5.32 Å². The van der Waals surface area contributed by atoms with Gasteiger partial charge in [-0.1, -0.05) is 29.8 Å². The second kappa shape index (κ2) is 8.00. The molecule has 1 atom stereocenters. The van der Waals surface area contributed by atoms with E-state index in [1.807, 2.05) is 43.0 Å². The first-order chi connectivity index (χ1) is 13.7. The number of carbonyl (C=O) groups excluding carboxylic acids is 1. The Hall–Kier alpha value is -3.26. The molecule has 0 spiro atoms. The summed E-state index contributed by atoms with van der Waals surface area (Å²) in [5, 5.41) is 14.9. The molecule has 1 heterocycles. The molecule has 1 amide bonds. The number of thiocarbonyl (C=S) groups is 1. The average molecular weight is 410 g/mol. The molecule has 0 radical (unpaired) electrons. The number of hydrogen-bond donors (Lipinski definition) is 1. The first kappa shape index (κ1) is 20.5. The van der Waals surface area contributed by atoms with Gasteiger partial charge in [0.15, 0.2) is 5.11 Å². The highest BCUT2D eigenvalue weighted by Gasteiger charge is 2.35. The molecule has 1 aliphatic heterocycles. The van der Waals surface area contributed by atoms with Gasteiger partial charge in [0, 0.05) is 37.6 Å². The second-order valence-corrected chi connectivity index (χ2v) is 7.49. The van der Waals surface area contributed by atoms with Crippen LogP contribution in [0.15, 0.2) is 59.8 Å². The Bertz CT molecular complexity index is 1010. The number of rotatable bonds is 4. The fourth-order valence-electron chi connectivity index (χ4n) is 3.33. The third-order valence-electron chi connectivity index (χ3n) is 4.83. The number of nitrogens with zero attached hydrogens (tertiary/aromatic N) is 3. The van der Waals surface area contributed by atoms with Crippen LogP contribution in [0.1, 0.15) is 24.1 Å². The normalized spacial score (nSPS) is 16.5. The Balaban J connectivity index is 2.16. The summed E-state index contributed by atoms with van der Waals surface area (Å²) in [4.78, 5) is 27.1. The lowest BCUT2D eigenvalue weighted by molar-refractivity contribution is -0.384. The van der Waals surface area contributed by atoms with Crippen molar-refractivity contribution in [3.05, 3.63) is 81.0 Å². The number of benzene rings is 2. The highest BCUT2D eigenvalue weighted by molar-refractivity contribution is 7.80. The van der Waals surface area contributed by atoms with Gasteiger partial charge in [0.25, 0.3) is 11.6 Å². The van der Waals surface area contributed by atoms with Crippen molar-refractivity contribution in [1.82, 2.24) is 10.2 Å². The minimum absolute atomic E-state index is 0.0366. The van der Waals surface area contributed by atoms with E-state index < -0.39 is 11.0 Å². The van der Waals surface area contributed by atoms with Crippen LogP contribution in [-0.2, 0) is 4.79 Å². The van der Waals surface area contributed by atoms with Crippen LogP contribution in [0.25, 0.3) is 0 Å². The Morgan fingerprint density at radius 2 is 1.83 bits per heavy atom. The van der Waals surface area contributed by atoms with Gasteiger partial charge in [-0.25, -0.2) is 0 Å². The summed E-state index contributed by atoms with van der Waals surface area (Å²) >= 11 is 5.61. The Kier molecular flexibility index (Phi) is 5.65. The highest BCUT2D eigenvalue weighted by Crippen LogP contribution is 2.35. The van der Waals surface area contributed by atoms with Crippen LogP contribution in [0, 0.1) is 17.0 Å². The first-order valence-electron chi connectivity index (χ1n) is 9.04. The van der Waals surface area contributed by atoms with Gasteiger partial charge in [0.1, 0.15) is 0 Å². The molecule has 0 fully saturated rings. The quantitative estimate of drug-likeness (QED) is 0.470. The molecule has 0 aliphatic carbocycles. The summed E-state index contributed by atoms with van der Waals surface area (Å²) in [7, 11) is 3.35. The van der Waals surface area contributed by atoms with Gasteiger partial charge >= 0.3 is 0 Å². The molecule has 3 rings (SSSR count). The second-order valence-electron chi connectivity index (χ2n) is 7.10. The lowest BCUT2D eigenvalue weighted by Crippen LogP contribution is -2.49. The predicted octanol–water partition coefficient (Wildman–Crippen LogP) is 3.70. The number of hydrogen-bond acceptors (Lipinski definition) is 4. The molecule has 7 nitrogen and oxygen atoms in total. The third-order valence-corrected chi connectivity index (χ3v) is 5.13. The molecule has 29 heavy (non-hydrogen) atoms. The number of anilines is 1. The zero-order chi connectivity index (χ0) is 21.3. The largest absolute Gasteiger partial charge is 0.351 e. The van der Waals surface area contributed by atoms with Gasteiger partial charge in [-0.15, -0.1) is 0 Å². The summed E-state index contributed by atoms with van der Waals surface area (Å²) in [6.45, 7) is 3.84. The predicted molar refractivity (Wildman–Crippen MR) is 117 cm³/mol. The van der Waals surface area contributed by atoms with Crippen molar-refractivity contribution in [2.75, 3.05) is 19.0 Å². The van der Waals surface area contributed by atoms with Gasteiger partial charge in [0.05, 0.1) is 16.5 Å². The fraction of sp³-hybridized carbons (Fsp3) is 0.238. The van der Waals surface area contributed by atoms with Gasteiger partial charge in [-0.2, -0.15) is 0 Å². The molecule has 0 bridgehead atoms. The summed E-state index contributed by atoms with van der Waals surface area (Å²) in [6, 6.07) is 13.5. The lowest BCUT2D eigenvalue weighted by Gasteiger charge is -2.38. The Morgan fingerprint density at radius 3 is 2.41 bits per heavy atom. The van der Waals surface area contributed by atoms with Crippen LogP contribution < -0.4 is 10.2 Å². The number of likely N-dealkylation sites (N-methyl/N-ethyl adjacent to an activating group) is 1. The molecule has 1 N–H and O–H groups in total. The van der Waals surface area contributed by atoms with E-state index in [9.17, 15) is 14.9 Å². The van der Waals surface area contributed by atoms with Gasteiger partial charge < -0.3 is 10.2 Å². The van der Waals surface area contributed by atoms with Crippen molar-refractivity contribution >= 4 is 34.6 Å². The summed E-state index contributed by atoms with van der Waals surface area (Å²) in [5.74, 6) is -0.189. The standard InChI is InChI=1S/C21H22N4O3S/c1-13-8-10-16(11-9-13)24-14(2)18(20(26)23(3)4)19(22-21(24)29)15-6-5-7-17(12-15)25(27)28/h5-12,19H,1-4H3,(H,22,29)/t19-/m1/s1. The average Bonchev–Trinajstić information content (AvgIpc) is 2.68. The molecule has 8 heteroatoms. The van der Waals surface area contributed by atoms with Crippen LogP contribution in [0.3, 0.4) is 0 Å². The van der Waals surface area contributed by atoms with Crippen molar-refractivity contribution in [3.63, 3.8) is 0 Å².